The van der Waals surface area contributed by atoms with Crippen LogP contribution in [0.15, 0.2) is 95.1 Å². The van der Waals surface area contributed by atoms with Gasteiger partial charge in [-0.15, -0.1) is 0 Å². The Morgan fingerprint density at radius 2 is 1.27 bits per heavy atom. The number of halogens is 3. The van der Waals surface area contributed by atoms with Crippen molar-refractivity contribution in [1.82, 2.24) is 9.97 Å². The van der Waals surface area contributed by atoms with E-state index >= 15 is 0 Å². The predicted molar refractivity (Wildman–Crippen MR) is 91.3 cm³/mol. The van der Waals surface area contributed by atoms with Crippen LogP contribution in [0.2, 0.25) is 4.64 Å². The third kappa shape index (κ3) is 5.58. The minimum absolute atomic E-state index is 0. The second kappa shape index (κ2) is 12.1. The van der Waals surface area contributed by atoms with Crippen LogP contribution < -0.4 is 45.0 Å². The molecule has 0 bridgehead atoms. The Kier molecular flexibility index (Phi) is 11.5. The summed E-state index contributed by atoms with van der Waals surface area (Å²) in [6.45, 7) is 3.98. The second-order valence-electron chi connectivity index (χ2n) is 5.05. The molecular formula is C19H18Cl3N3Ta. The van der Waals surface area contributed by atoms with Crippen LogP contribution in [0.3, 0.4) is 0 Å². The van der Waals surface area contributed by atoms with Crippen molar-refractivity contribution >= 4 is 13.5 Å². The quantitative estimate of drug-likeness (QED) is 0.286. The minimum atomic E-state index is -3.51. The molecule has 0 saturated carbocycles. The number of hydrogen-bond acceptors (Lipinski definition) is 3. The van der Waals surface area contributed by atoms with Gasteiger partial charge in [-0.05, 0) is 0 Å². The summed E-state index contributed by atoms with van der Waals surface area (Å²) in [5, 5.41) is 0. The van der Waals surface area contributed by atoms with Gasteiger partial charge < -0.3 is 37.2 Å². The minimum Gasteiger partial charge on any atom is -1.00 e. The fourth-order valence-corrected chi connectivity index (χ4v) is 13.2. The van der Waals surface area contributed by atoms with Crippen LogP contribution in [0.5, 0.6) is 0 Å². The van der Waals surface area contributed by atoms with Gasteiger partial charge in [0.05, 0.1) is 0 Å². The van der Waals surface area contributed by atoms with Crippen LogP contribution in [0.1, 0.15) is 0 Å². The van der Waals surface area contributed by atoms with Crippen LogP contribution >= 0.6 is 0 Å². The van der Waals surface area contributed by atoms with Gasteiger partial charge in [0.1, 0.15) is 0 Å². The molecule has 0 spiro atoms. The van der Waals surface area contributed by atoms with E-state index in [1.165, 1.54) is 0 Å². The van der Waals surface area contributed by atoms with Crippen LogP contribution in [0, 0.1) is 0 Å². The van der Waals surface area contributed by atoms with Crippen LogP contribution in [-0.2, 0) is 17.0 Å². The maximum atomic E-state index is 5.24. The standard InChI is InChI=1S/C6H5N.2C5H4N.C3H5.3ClH.Ta/c7-6-4-2-1-3-5-6;2*1-2-4-6-5-3-1;1-3-2;;;;/h1-5H;2*1-4H;3H,1-2H2;3*1H;/q;;;;;;;+3/p-3. The van der Waals surface area contributed by atoms with E-state index in [0.717, 1.165) is 18.1 Å². The molecule has 0 aliphatic heterocycles. The summed E-state index contributed by atoms with van der Waals surface area (Å²) in [5.74, 6) is 0. The number of allylic oxidation sites excluding steroid dienone is 1. The summed E-state index contributed by atoms with van der Waals surface area (Å²) < 4.78 is 8.23. The first-order valence-electron chi connectivity index (χ1n) is 7.46. The maximum Gasteiger partial charge on any atom is -1.00 e. The molecule has 0 radical (unpaired) electrons. The Balaban J connectivity index is 0.00000208. The molecule has 0 aliphatic carbocycles. The van der Waals surface area contributed by atoms with Crippen molar-refractivity contribution in [2.75, 3.05) is 0 Å². The van der Waals surface area contributed by atoms with Gasteiger partial charge in [0.15, 0.2) is 0 Å². The fraction of sp³-hybridized carbons (Fsp3) is 0.0526. The first-order valence-corrected chi connectivity index (χ1v) is 14.4. The van der Waals surface area contributed by atoms with E-state index in [0.29, 0.717) is 0 Å². The Labute approximate surface area is 176 Å². The monoisotopic (exact) mass is 574 g/mol. The third-order valence-corrected chi connectivity index (χ3v) is 15.7. The molecule has 0 aliphatic rings. The first kappa shape index (κ1) is 24.7. The summed E-state index contributed by atoms with van der Waals surface area (Å²) >= 11 is -3.51. The fourth-order valence-electron chi connectivity index (χ4n) is 2.47. The molecule has 2 heterocycles. The zero-order chi connectivity index (χ0) is 16.0. The van der Waals surface area contributed by atoms with Gasteiger partial charge in [-0.25, -0.2) is 0 Å². The molecule has 2 aromatic heterocycles. The van der Waals surface area contributed by atoms with E-state index in [2.05, 4.69) is 28.7 Å². The van der Waals surface area contributed by atoms with E-state index in [1.54, 1.807) is 0 Å². The average molecular weight is 576 g/mol. The number of rotatable bonds is 5. The van der Waals surface area contributed by atoms with Gasteiger partial charge in [0, 0.05) is 0 Å². The van der Waals surface area contributed by atoms with Gasteiger partial charge in [0.25, 0.3) is 0 Å². The number of nitrogens with zero attached hydrogens (tertiary/aromatic N) is 3. The number of aromatic nitrogens is 2. The first-order chi connectivity index (χ1) is 11.3. The summed E-state index contributed by atoms with van der Waals surface area (Å²) in [6.07, 6.45) is 5.65. The van der Waals surface area contributed by atoms with Crippen molar-refractivity contribution in [3.05, 3.63) is 91.8 Å². The van der Waals surface area contributed by atoms with Crippen molar-refractivity contribution in [2.45, 2.75) is 4.64 Å². The Morgan fingerprint density at radius 1 is 0.769 bits per heavy atom. The zero-order valence-electron chi connectivity index (χ0n) is 13.9. The number of pyridine rings is 2. The van der Waals surface area contributed by atoms with Gasteiger partial charge in [-0.2, -0.15) is 0 Å². The average Bonchev–Trinajstić information content (AvgIpc) is 2.64. The third-order valence-electron chi connectivity index (χ3n) is 3.49. The summed E-state index contributed by atoms with van der Waals surface area (Å²) in [5.41, 5.74) is 0.990. The molecular weight excluding hydrogens is 558 g/mol. The van der Waals surface area contributed by atoms with E-state index in [-0.39, 0.29) is 37.2 Å². The molecule has 0 saturated heterocycles. The Bertz CT molecular complexity index is 785. The zero-order valence-corrected chi connectivity index (χ0v) is 19.4. The molecule has 1 aromatic carbocycles. The van der Waals surface area contributed by atoms with Gasteiger partial charge in [0.2, 0.25) is 0 Å². The SMILES string of the molecule is C=C[CH2][Ta+3](=[N]c1ccccc1)([c]1ccccn1)[c]1ccccn1.[Cl-].[Cl-].[Cl-]. The van der Waals surface area contributed by atoms with Crippen molar-refractivity contribution in [3.8, 4) is 0 Å². The summed E-state index contributed by atoms with van der Waals surface area (Å²) in [6, 6.07) is 22.2. The molecule has 0 N–H and O–H groups in total. The molecule has 3 rings (SSSR count). The summed E-state index contributed by atoms with van der Waals surface area (Å²) in [4.78, 5) is 9.31. The van der Waals surface area contributed by atoms with Gasteiger partial charge >= 0.3 is 140 Å². The number of benzene rings is 1. The van der Waals surface area contributed by atoms with Crippen LogP contribution in [-0.4, -0.2) is 9.97 Å². The van der Waals surface area contributed by atoms with E-state index in [9.17, 15) is 0 Å². The molecule has 135 valence electrons. The van der Waals surface area contributed by atoms with Crippen LogP contribution in [0.25, 0.3) is 0 Å². The Morgan fingerprint density at radius 3 is 1.69 bits per heavy atom. The topological polar surface area (TPSA) is 38.1 Å². The van der Waals surface area contributed by atoms with E-state index < -0.39 is 17.0 Å². The van der Waals surface area contributed by atoms with E-state index in [4.69, 9.17) is 3.34 Å². The smallest absolute Gasteiger partial charge is 1.00 e. The largest absolute Gasteiger partial charge is 1.00 e. The second-order valence-corrected chi connectivity index (χ2v) is 15.9. The van der Waals surface area contributed by atoms with E-state index in [1.807, 2.05) is 73.1 Å². The van der Waals surface area contributed by atoms with Gasteiger partial charge in [-0.1, -0.05) is 0 Å². The van der Waals surface area contributed by atoms with Crippen molar-refractivity contribution < 1.29 is 54.2 Å². The molecule has 3 nitrogen and oxygen atoms in total. The molecule has 0 amide bonds. The normalized spacial score (nSPS) is 9.08. The molecule has 26 heavy (non-hydrogen) atoms. The van der Waals surface area contributed by atoms with Crippen LogP contribution in [0.4, 0.5) is 5.69 Å². The van der Waals surface area contributed by atoms with Crippen molar-refractivity contribution in [2.24, 2.45) is 3.34 Å². The molecule has 0 atom stereocenters. The Hall–Kier alpha value is -1.33. The molecule has 3 aromatic rings. The van der Waals surface area contributed by atoms with Crippen molar-refractivity contribution in [3.63, 3.8) is 0 Å². The maximum absolute atomic E-state index is 5.24. The number of hydrogen-bond donors (Lipinski definition) is 0. The van der Waals surface area contributed by atoms with Gasteiger partial charge in [-0.3, -0.25) is 0 Å². The summed E-state index contributed by atoms with van der Waals surface area (Å²) in [7, 11) is 0. The molecule has 0 unspecified atom stereocenters. The van der Waals surface area contributed by atoms with Crippen molar-refractivity contribution in [1.29, 1.82) is 0 Å². The molecule has 7 heteroatoms. The predicted octanol–water partition coefficient (Wildman–Crippen LogP) is -5.29. The molecule has 0 fully saturated rings.